The minimum atomic E-state index is -0.697. The van der Waals surface area contributed by atoms with Crippen LogP contribution in [0.2, 0.25) is 0 Å². The number of phenolic OH excluding ortho intramolecular Hbond substituents is 3. The molecule has 6 aliphatic rings. The molecule has 0 aliphatic heterocycles. The van der Waals surface area contributed by atoms with Crippen molar-refractivity contribution in [2.45, 2.75) is 0 Å². The van der Waals surface area contributed by atoms with E-state index in [9.17, 15) is 83.0 Å². The van der Waals surface area contributed by atoms with Crippen LogP contribution in [0.4, 0.5) is 68.2 Å². The van der Waals surface area contributed by atoms with Gasteiger partial charge in [-0.25, -0.2) is 0 Å². The first kappa shape index (κ1) is 84.3. The summed E-state index contributed by atoms with van der Waals surface area (Å²) in [5, 5.41) is 43.4. The summed E-state index contributed by atoms with van der Waals surface area (Å²) in [6.07, 6.45) is 0. The van der Waals surface area contributed by atoms with E-state index in [4.69, 9.17) is 66.8 Å². The number of nitro benzene ring substituents is 1. The van der Waals surface area contributed by atoms with Gasteiger partial charge in [0, 0.05) is 114 Å². The minimum Gasteiger partial charge on any atom is -0.507 e. The van der Waals surface area contributed by atoms with Gasteiger partial charge in [0.2, 0.25) is 17.3 Å². The first-order valence-electron chi connectivity index (χ1n) is 38.5. The normalized spacial score (nSPS) is 12.8. The van der Waals surface area contributed by atoms with Gasteiger partial charge in [0.05, 0.1) is 94.2 Å². The molecular formula is C97H68N12O19. The Hall–Kier alpha value is -18.7. The predicted molar refractivity (Wildman–Crippen MR) is 477 cm³/mol. The third-order valence-corrected chi connectivity index (χ3v) is 21.7. The molecule has 24 N–H and O–H groups in total. The van der Waals surface area contributed by atoms with Crippen LogP contribution >= 0.6 is 0 Å². The van der Waals surface area contributed by atoms with Crippen molar-refractivity contribution >= 4 is 138 Å². The number of nitrogen functional groups attached to an aromatic ring is 10. The number of nitrogens with zero attached hydrogens (tertiary/aromatic N) is 1. The smallest absolute Gasteiger partial charge is 0.281 e. The van der Waals surface area contributed by atoms with Gasteiger partial charge >= 0.3 is 0 Å². The summed E-state index contributed by atoms with van der Waals surface area (Å²) < 4.78 is 12.1. The van der Waals surface area contributed by atoms with Crippen LogP contribution in [-0.4, -0.2) is 96.7 Å². The van der Waals surface area contributed by atoms with E-state index in [0.717, 1.165) is 0 Å². The van der Waals surface area contributed by atoms with Gasteiger partial charge in [-0.2, -0.15) is 0 Å². The number of aromatic hydroxyl groups is 3. The molecule has 0 radical (unpaired) electrons. The Morgan fingerprint density at radius 1 is 0.242 bits per heavy atom. The number of nitro groups is 1. The van der Waals surface area contributed by atoms with Gasteiger partial charge in [-0.15, -0.1) is 0 Å². The molecule has 0 saturated heterocycles. The number of para-hydroxylation sites is 2. The molecule has 0 bridgehead atoms. The Morgan fingerprint density at radius 2 is 0.461 bits per heavy atom. The van der Waals surface area contributed by atoms with Crippen molar-refractivity contribution in [2.24, 2.45) is 0 Å². The molecule has 128 heavy (non-hydrogen) atoms. The third kappa shape index (κ3) is 14.3. The molecule has 31 nitrogen and oxygen atoms in total. The highest BCUT2D eigenvalue weighted by atomic mass is 16.6. The van der Waals surface area contributed by atoms with Crippen LogP contribution in [0.1, 0.15) is 191 Å². The van der Waals surface area contributed by atoms with Crippen LogP contribution in [0.5, 0.6) is 40.2 Å². The second-order valence-corrected chi connectivity index (χ2v) is 29.1. The van der Waals surface area contributed by atoms with Crippen molar-refractivity contribution in [1.29, 1.82) is 0 Å². The van der Waals surface area contributed by atoms with Gasteiger partial charge < -0.3 is 87.4 Å². The van der Waals surface area contributed by atoms with Crippen LogP contribution in [0.3, 0.4) is 0 Å². The van der Waals surface area contributed by atoms with Crippen LogP contribution < -0.4 is 72.1 Å². The quantitative estimate of drug-likeness (QED) is 0.0318. The highest BCUT2D eigenvalue weighted by Gasteiger charge is 2.43. The van der Waals surface area contributed by atoms with Gasteiger partial charge in [-0.05, 0) is 103 Å². The molecule has 14 aromatic carbocycles. The maximum atomic E-state index is 13.3. The second kappa shape index (κ2) is 33.4. The van der Waals surface area contributed by atoms with E-state index in [2.05, 4.69) is 5.32 Å². The van der Waals surface area contributed by atoms with Crippen molar-refractivity contribution in [2.75, 3.05) is 69.7 Å². The molecule has 0 saturated carbocycles. The zero-order valence-electron chi connectivity index (χ0n) is 66.8. The number of hydrogen-bond donors (Lipinski definition) is 14. The van der Waals surface area contributed by atoms with Crippen molar-refractivity contribution in [3.8, 4) is 40.2 Å². The number of nitrogens with one attached hydrogen (secondary N) is 1. The molecule has 630 valence electrons. The zero-order valence-corrected chi connectivity index (χ0v) is 66.8. The number of carbonyl (C=O) groups excluding carboxylic acids is 12. The average molecular weight is 1710 g/mol. The number of ether oxygens (including phenoxy) is 2. The van der Waals surface area contributed by atoms with Crippen molar-refractivity contribution in [1.82, 2.24) is 0 Å². The summed E-state index contributed by atoms with van der Waals surface area (Å²) in [5.41, 5.74) is 63.8. The zero-order chi connectivity index (χ0) is 91.4. The van der Waals surface area contributed by atoms with E-state index >= 15 is 0 Å². The maximum absolute atomic E-state index is 13.3. The number of rotatable bonds is 6. The molecule has 6 aliphatic carbocycles. The summed E-state index contributed by atoms with van der Waals surface area (Å²) in [5.74, 6) is -4.56. The number of anilines is 11. The molecule has 0 heterocycles. The number of phenols is 3. The standard InChI is InChI=1S/C26H18N2O4.C15H12N2O2.C14H9N3O4.C14H10N2O4.C14H10N2O2.C14H9NO3/c27-21-19-20(24(30)18-14-8-7-13-17(18)23(19)29)22(28)26(32-16-11-5-2-6-12-16)25(21)31-15-9-3-1-4-10-15;1-17-11-7-6-10(16)12-13(11)15(19)9-5-3-2-4-8(9)14(12)18;15-7-4-5-8(16)12-11(7)13(18)6-2-1-3-9(17(20)21)10(6)14(12)19;15-5-1-3-7(17)11-9(5)13(19)12-8(18)4-2-6(16)10(12)14(11)20;2*15-9-5-6-10(16)12-11(9)13(17)7-3-1-2-4-8(7)14(12)18/h1-14H,27-28H2;2-7,17H,16H2,1H3;1-5H,15-16H2;1-4,17-18H,15-16H2;1-6H,15-16H2;1-6,16H,15H2. The number of carbonyl (C=O) groups is 12. The number of benzene rings is 14. The van der Waals surface area contributed by atoms with E-state index in [-0.39, 0.29) is 215 Å². The molecule has 0 fully saturated rings. The second-order valence-electron chi connectivity index (χ2n) is 29.1. The summed E-state index contributed by atoms with van der Waals surface area (Å²) in [6, 6.07) is 65.6. The molecule has 0 atom stereocenters. The first-order valence-corrected chi connectivity index (χ1v) is 38.5. The van der Waals surface area contributed by atoms with Crippen LogP contribution in [0, 0.1) is 10.1 Å². The summed E-state index contributed by atoms with van der Waals surface area (Å²) in [6.45, 7) is 0. The van der Waals surface area contributed by atoms with Gasteiger partial charge in [0.15, 0.2) is 63.5 Å². The minimum absolute atomic E-state index is 0.00120. The van der Waals surface area contributed by atoms with Crippen molar-refractivity contribution in [3.05, 3.63) is 392 Å². The van der Waals surface area contributed by atoms with E-state index < -0.39 is 33.7 Å². The lowest BCUT2D eigenvalue weighted by atomic mass is 9.81. The Balaban J connectivity index is 0.000000120. The molecule has 0 amide bonds. The fourth-order valence-corrected chi connectivity index (χ4v) is 15.7. The molecule has 0 aromatic heterocycles. The van der Waals surface area contributed by atoms with Gasteiger partial charge in [0.25, 0.3) is 5.69 Å². The predicted octanol–water partition coefficient (Wildman–Crippen LogP) is 13.2. The lowest BCUT2D eigenvalue weighted by Gasteiger charge is -2.25. The van der Waals surface area contributed by atoms with Gasteiger partial charge in [-0.1, -0.05) is 140 Å². The number of ketones is 12. The Bertz CT molecular complexity index is 6860. The Morgan fingerprint density at radius 3 is 0.773 bits per heavy atom. The third-order valence-electron chi connectivity index (χ3n) is 21.7. The van der Waals surface area contributed by atoms with Crippen LogP contribution in [0.15, 0.2) is 249 Å². The topological polar surface area (TPSA) is 599 Å². The van der Waals surface area contributed by atoms with E-state index in [1.807, 2.05) is 12.1 Å². The summed E-state index contributed by atoms with van der Waals surface area (Å²) in [4.78, 5) is 161. The van der Waals surface area contributed by atoms with E-state index in [1.165, 1.54) is 66.7 Å². The number of hydrogen-bond acceptors (Lipinski definition) is 30. The molecular weight excluding hydrogens is 1640 g/mol. The SMILES string of the molecule is CNc1ccc(N)c2c1C(=O)c1ccccc1C2=O.Nc1c(Oc2ccccc2)c(Oc2ccccc2)c(N)c2c1C(=O)c1ccccc1C2=O.Nc1ccc(N)c2c1C(=O)c1cccc([N+](=O)[O-])c1C2=O.Nc1ccc(N)c2c1C(=O)c1ccccc1C2=O.Nc1ccc(O)c2c1C(=O)c1c(O)ccc(N)c1C2=O.Nc1ccc(O)c2c1C(=O)c1ccccc1C2=O. The fraction of sp³-hybridized carbons (Fsp3) is 0.0103. The lowest BCUT2D eigenvalue weighted by Crippen LogP contribution is -2.24. The number of nitrogens with two attached hydrogens (primary N) is 10. The lowest BCUT2D eigenvalue weighted by molar-refractivity contribution is -0.385. The molecule has 31 heteroatoms. The van der Waals surface area contributed by atoms with E-state index in [1.54, 1.807) is 177 Å². The highest BCUT2D eigenvalue weighted by Crippen LogP contribution is 2.52. The van der Waals surface area contributed by atoms with Gasteiger partial charge in [-0.3, -0.25) is 67.6 Å². The number of fused-ring (bicyclic) bond motifs is 12. The summed E-state index contributed by atoms with van der Waals surface area (Å²) >= 11 is 0. The van der Waals surface area contributed by atoms with Crippen molar-refractivity contribution < 1.29 is 87.3 Å². The highest BCUT2D eigenvalue weighted by molar-refractivity contribution is 6.37. The maximum Gasteiger partial charge on any atom is 0.281 e. The Labute approximate surface area is 723 Å². The molecule has 0 spiro atoms. The molecule has 20 rings (SSSR count). The average Bonchev–Trinajstić information content (AvgIpc) is 0.726. The largest absolute Gasteiger partial charge is 0.507 e. The fourth-order valence-electron chi connectivity index (χ4n) is 15.7. The van der Waals surface area contributed by atoms with E-state index in [0.29, 0.717) is 67.4 Å². The van der Waals surface area contributed by atoms with Crippen molar-refractivity contribution in [3.63, 3.8) is 0 Å². The monoisotopic (exact) mass is 1700 g/mol. The molecule has 0 unspecified atom stereocenters. The van der Waals surface area contributed by atoms with Gasteiger partial charge in [0.1, 0.15) is 34.3 Å². The van der Waals surface area contributed by atoms with Crippen LogP contribution in [-0.2, 0) is 0 Å². The molecule has 14 aromatic rings. The first-order chi connectivity index (χ1) is 61.3. The van der Waals surface area contributed by atoms with Crippen LogP contribution in [0.25, 0.3) is 0 Å². The summed E-state index contributed by atoms with van der Waals surface area (Å²) in [7, 11) is 1.71. The Kier molecular flexibility index (Phi) is 22.0.